The second kappa shape index (κ2) is 5.93. The van der Waals surface area contributed by atoms with E-state index >= 15 is 0 Å². The summed E-state index contributed by atoms with van der Waals surface area (Å²) >= 11 is 0. The normalized spacial score (nSPS) is 10.6. The molecule has 7 heteroatoms. The molecule has 0 aromatic carbocycles. The van der Waals surface area contributed by atoms with E-state index in [0.717, 1.165) is 14.2 Å². The highest BCUT2D eigenvalue weighted by atomic mass is 31.2. The van der Waals surface area contributed by atoms with Crippen molar-refractivity contribution in [1.29, 1.82) is 0 Å². The molecule has 0 saturated heterocycles. The lowest BCUT2D eigenvalue weighted by Crippen LogP contribution is -2.27. The number of phosphoric acid groups is 1. The molecule has 0 fully saturated rings. The lowest BCUT2D eigenvalue weighted by molar-refractivity contribution is -0.676. The summed E-state index contributed by atoms with van der Waals surface area (Å²) in [4.78, 5) is 13.0. The smallest absolute Gasteiger partial charge is 0.267 e. The third kappa shape index (κ3) is 5.14. The maximum atomic E-state index is 9.95. The molecule has 0 aliphatic carbocycles. The summed E-state index contributed by atoms with van der Waals surface area (Å²) in [5, 5.41) is 0. The molecule has 0 aliphatic rings. The Labute approximate surface area is 83.1 Å². The first-order chi connectivity index (χ1) is 6.43. The minimum absolute atomic E-state index is 1.04. The highest BCUT2D eigenvalue weighted by Crippen LogP contribution is 2.34. The number of aryl methyl sites for hydroxylation is 2. The van der Waals surface area contributed by atoms with Crippen LogP contribution in [0.3, 0.4) is 0 Å². The van der Waals surface area contributed by atoms with Crippen molar-refractivity contribution in [1.82, 2.24) is 4.98 Å². The molecule has 0 atom stereocenters. The Morgan fingerprint density at radius 1 is 1.50 bits per heavy atom. The van der Waals surface area contributed by atoms with Gasteiger partial charge in [-0.2, -0.15) is 0 Å². The van der Waals surface area contributed by atoms with Gasteiger partial charge in [0.2, 0.25) is 0 Å². The Morgan fingerprint density at radius 3 is 2.07 bits per heavy atom. The molecule has 1 N–H and O–H groups in total. The first-order valence-corrected chi connectivity index (χ1v) is 5.31. The molecular formula is C7H15N2O4P. The maximum absolute atomic E-state index is 9.95. The van der Waals surface area contributed by atoms with Gasteiger partial charge in [0.25, 0.3) is 13.6 Å². The number of rotatable bonds is 2. The van der Waals surface area contributed by atoms with Gasteiger partial charge in [-0.05, 0) is 0 Å². The van der Waals surface area contributed by atoms with E-state index in [0.29, 0.717) is 0 Å². The molecule has 14 heavy (non-hydrogen) atoms. The first-order valence-electron chi connectivity index (χ1n) is 3.85. The van der Waals surface area contributed by atoms with E-state index in [9.17, 15) is 9.46 Å². The number of aromatic nitrogens is 2. The van der Waals surface area contributed by atoms with Crippen molar-refractivity contribution in [3.05, 3.63) is 18.2 Å². The Balaban J connectivity index is 0.000000241. The van der Waals surface area contributed by atoms with Gasteiger partial charge in [-0.1, -0.05) is 0 Å². The monoisotopic (exact) mass is 222 g/mol. The maximum Gasteiger partial charge on any atom is 0.267 e. The molecule has 0 bridgehead atoms. The third-order valence-electron chi connectivity index (χ3n) is 1.57. The van der Waals surface area contributed by atoms with Crippen LogP contribution in [-0.4, -0.2) is 19.2 Å². The molecule has 1 aromatic rings. The largest absolute Gasteiger partial charge is 0.756 e. The van der Waals surface area contributed by atoms with Crippen molar-refractivity contribution in [3.8, 4) is 0 Å². The highest BCUT2D eigenvalue weighted by molar-refractivity contribution is 7.45. The lowest BCUT2D eigenvalue weighted by Gasteiger charge is -2.16. The van der Waals surface area contributed by atoms with Crippen LogP contribution in [0.4, 0.5) is 0 Å². The third-order valence-corrected chi connectivity index (χ3v) is 2.46. The fourth-order valence-corrected chi connectivity index (χ4v) is 0.707. The predicted octanol–water partition coefficient (Wildman–Crippen LogP) is -0.105. The van der Waals surface area contributed by atoms with Gasteiger partial charge >= 0.3 is 0 Å². The fraction of sp³-hybridized carbons (Fsp3) is 0.571. The molecule has 0 unspecified atom stereocenters. The number of hydrogen-bond donors (Lipinski definition) is 1. The average Bonchev–Trinajstić information content (AvgIpc) is 2.52. The van der Waals surface area contributed by atoms with E-state index in [4.69, 9.17) is 0 Å². The zero-order valence-corrected chi connectivity index (χ0v) is 9.58. The summed E-state index contributed by atoms with van der Waals surface area (Å²) < 4.78 is 19.7. The molecule has 0 amide bonds. The van der Waals surface area contributed by atoms with Crippen LogP contribution >= 0.6 is 7.82 Å². The fourth-order valence-electron chi connectivity index (χ4n) is 0.558. The van der Waals surface area contributed by atoms with Gasteiger partial charge in [0.05, 0.1) is 7.05 Å². The van der Waals surface area contributed by atoms with Crippen molar-refractivity contribution in [2.75, 3.05) is 14.2 Å². The first kappa shape index (κ1) is 13.3. The second-order valence-electron chi connectivity index (χ2n) is 2.47. The average molecular weight is 222 g/mol. The van der Waals surface area contributed by atoms with Crippen molar-refractivity contribution < 1.29 is 23.1 Å². The van der Waals surface area contributed by atoms with Crippen LogP contribution in [0.5, 0.6) is 0 Å². The van der Waals surface area contributed by atoms with Crippen LogP contribution in [0.2, 0.25) is 0 Å². The van der Waals surface area contributed by atoms with Gasteiger partial charge in [-0.15, -0.1) is 0 Å². The van der Waals surface area contributed by atoms with E-state index in [1.165, 1.54) is 5.82 Å². The number of nitrogens with zero attached hydrogens (tertiary/aromatic N) is 1. The molecule has 0 radical (unpaired) electrons. The van der Waals surface area contributed by atoms with Gasteiger partial charge in [0, 0.05) is 21.1 Å². The molecule has 82 valence electrons. The lowest BCUT2D eigenvalue weighted by atomic mass is 10.7. The van der Waals surface area contributed by atoms with Crippen LogP contribution in [0.15, 0.2) is 12.4 Å². The molecular weight excluding hydrogens is 207 g/mol. The summed E-state index contributed by atoms with van der Waals surface area (Å²) in [5.74, 6) is 1.18. The minimum Gasteiger partial charge on any atom is -0.756 e. The van der Waals surface area contributed by atoms with E-state index in [1.54, 1.807) is 0 Å². The molecule has 1 rings (SSSR count). The number of aromatic amines is 1. The second-order valence-corrected chi connectivity index (χ2v) is 4.09. The topological polar surface area (TPSA) is 78.3 Å². The van der Waals surface area contributed by atoms with Gasteiger partial charge in [-0.3, -0.25) is 4.57 Å². The van der Waals surface area contributed by atoms with E-state index < -0.39 is 7.82 Å². The van der Waals surface area contributed by atoms with Crippen LogP contribution in [-0.2, 0) is 20.7 Å². The number of hydrogen-bond acceptors (Lipinski definition) is 4. The van der Waals surface area contributed by atoms with E-state index in [1.807, 2.05) is 30.9 Å². The zero-order chi connectivity index (χ0) is 11.2. The van der Waals surface area contributed by atoms with Crippen molar-refractivity contribution in [2.45, 2.75) is 6.92 Å². The Kier molecular flexibility index (Phi) is 5.64. The van der Waals surface area contributed by atoms with Crippen LogP contribution < -0.4 is 9.46 Å². The zero-order valence-electron chi connectivity index (χ0n) is 8.68. The van der Waals surface area contributed by atoms with Crippen molar-refractivity contribution >= 4 is 7.82 Å². The standard InChI is InChI=1S/C5H8N2.C2H7O4P/c1-5-6-3-4-7(5)2;1-5-7(3,4)6-2/h3-4H,1-2H3;1-2H3,(H,3,4). The van der Waals surface area contributed by atoms with Crippen molar-refractivity contribution in [2.24, 2.45) is 7.05 Å². The number of nitrogens with one attached hydrogen (secondary N) is 1. The van der Waals surface area contributed by atoms with E-state index in [-0.39, 0.29) is 0 Å². The Morgan fingerprint density at radius 2 is 2.00 bits per heavy atom. The predicted molar refractivity (Wildman–Crippen MR) is 48.3 cm³/mol. The number of phosphoric ester groups is 1. The minimum atomic E-state index is -3.90. The number of H-pyrrole nitrogens is 1. The van der Waals surface area contributed by atoms with Crippen LogP contribution in [0.1, 0.15) is 5.82 Å². The molecule has 1 aromatic heterocycles. The Bertz CT molecular complexity index is 288. The van der Waals surface area contributed by atoms with Gasteiger partial charge in [0.15, 0.2) is 0 Å². The summed E-state index contributed by atoms with van der Waals surface area (Å²) in [7, 11) is 0.179. The summed E-state index contributed by atoms with van der Waals surface area (Å²) in [6.07, 6.45) is 3.89. The molecule has 0 aliphatic heterocycles. The van der Waals surface area contributed by atoms with Crippen LogP contribution in [0, 0.1) is 6.92 Å². The Hall–Kier alpha value is -0.680. The van der Waals surface area contributed by atoms with Crippen molar-refractivity contribution in [3.63, 3.8) is 0 Å². The SMILES string of the molecule is COP(=O)([O-])OC.Cc1[nH]cc[n+]1C. The van der Waals surface area contributed by atoms with Gasteiger partial charge < -0.3 is 13.9 Å². The molecule has 6 nitrogen and oxygen atoms in total. The van der Waals surface area contributed by atoms with Gasteiger partial charge in [0.1, 0.15) is 12.4 Å². The summed E-state index contributed by atoms with van der Waals surface area (Å²) in [6, 6.07) is 0. The molecule has 0 saturated carbocycles. The quantitative estimate of drug-likeness (QED) is 0.559. The van der Waals surface area contributed by atoms with Gasteiger partial charge in [-0.25, -0.2) is 9.55 Å². The number of imidazole rings is 1. The summed E-state index contributed by atoms with van der Waals surface area (Å²) in [5.41, 5.74) is 0. The highest BCUT2D eigenvalue weighted by Gasteiger charge is 1.98. The van der Waals surface area contributed by atoms with E-state index in [2.05, 4.69) is 14.0 Å². The van der Waals surface area contributed by atoms with Crippen LogP contribution in [0.25, 0.3) is 0 Å². The molecule has 0 spiro atoms. The molecule has 1 heterocycles. The summed E-state index contributed by atoms with van der Waals surface area (Å²) in [6.45, 7) is 2.03.